The van der Waals surface area contributed by atoms with Crippen molar-refractivity contribution < 1.29 is 4.74 Å². The van der Waals surface area contributed by atoms with Gasteiger partial charge in [-0.05, 0) is 31.6 Å². The van der Waals surface area contributed by atoms with Crippen molar-refractivity contribution in [2.75, 3.05) is 0 Å². The van der Waals surface area contributed by atoms with E-state index >= 15 is 0 Å². The molecular weight excluding hydrogens is 188 g/mol. The molecule has 1 fully saturated rings. The Morgan fingerprint density at radius 3 is 2.93 bits per heavy atom. The first kappa shape index (κ1) is 10.5. The second-order valence-electron chi connectivity index (χ2n) is 4.46. The smallest absolute Gasteiger partial charge is 0.157 e. The highest BCUT2D eigenvalue weighted by atomic mass is 16.5. The molecule has 2 rings (SSSR count). The Morgan fingerprint density at radius 1 is 1.47 bits per heavy atom. The summed E-state index contributed by atoms with van der Waals surface area (Å²) in [6, 6.07) is 0. The summed E-state index contributed by atoms with van der Waals surface area (Å²) >= 11 is 0. The van der Waals surface area contributed by atoms with Gasteiger partial charge in [0.15, 0.2) is 5.75 Å². The van der Waals surface area contributed by atoms with Crippen LogP contribution in [0.4, 0.5) is 0 Å². The van der Waals surface area contributed by atoms with E-state index in [9.17, 15) is 0 Å². The molecule has 3 heteroatoms. The predicted molar refractivity (Wildman–Crippen MR) is 59.9 cm³/mol. The summed E-state index contributed by atoms with van der Waals surface area (Å²) in [5.74, 6) is 1.65. The highest BCUT2D eigenvalue weighted by molar-refractivity contribution is 5.12. The molecule has 84 valence electrons. The fourth-order valence-electron chi connectivity index (χ4n) is 2.43. The van der Waals surface area contributed by atoms with Gasteiger partial charge in [0.2, 0.25) is 0 Å². The molecular formula is C12H20N2O. The van der Waals surface area contributed by atoms with Gasteiger partial charge in [-0.1, -0.05) is 13.3 Å². The maximum atomic E-state index is 6.00. The van der Waals surface area contributed by atoms with E-state index < -0.39 is 0 Å². The van der Waals surface area contributed by atoms with Crippen LogP contribution in [0.3, 0.4) is 0 Å². The Morgan fingerprint density at radius 2 is 2.27 bits per heavy atom. The first-order valence-corrected chi connectivity index (χ1v) is 5.95. The van der Waals surface area contributed by atoms with Gasteiger partial charge in [0.25, 0.3) is 0 Å². The number of hydrogen-bond donors (Lipinski definition) is 0. The van der Waals surface area contributed by atoms with Gasteiger partial charge >= 0.3 is 0 Å². The monoisotopic (exact) mass is 208 g/mol. The second-order valence-corrected chi connectivity index (χ2v) is 4.46. The van der Waals surface area contributed by atoms with Crippen LogP contribution in [0.1, 0.15) is 39.0 Å². The molecule has 3 nitrogen and oxygen atoms in total. The molecule has 1 saturated carbocycles. The number of aromatic nitrogens is 2. The molecule has 0 spiro atoms. The van der Waals surface area contributed by atoms with Crippen LogP contribution in [0, 0.1) is 5.92 Å². The number of nitrogens with zero attached hydrogens (tertiary/aromatic N) is 2. The summed E-state index contributed by atoms with van der Waals surface area (Å²) < 4.78 is 7.79. The highest BCUT2D eigenvalue weighted by Gasteiger charge is 2.25. The molecule has 0 bridgehead atoms. The summed E-state index contributed by atoms with van der Waals surface area (Å²) in [5.41, 5.74) is 0. The standard InChI is InChI=1S/C12H20N2O/c1-3-10-6-4-5-7-12(10)15-11-8-13-14(2)9-11/h8-10,12H,3-7H2,1-2H3. The largest absolute Gasteiger partial charge is 0.487 e. The van der Waals surface area contributed by atoms with E-state index in [1.807, 2.05) is 13.2 Å². The van der Waals surface area contributed by atoms with E-state index in [4.69, 9.17) is 4.74 Å². The van der Waals surface area contributed by atoms with Crippen LogP contribution in [0.15, 0.2) is 12.4 Å². The summed E-state index contributed by atoms with van der Waals surface area (Å²) in [6.45, 7) is 2.26. The first-order valence-electron chi connectivity index (χ1n) is 5.95. The van der Waals surface area contributed by atoms with Crippen LogP contribution in [0.5, 0.6) is 5.75 Å². The normalized spacial score (nSPS) is 26.5. The Balaban J connectivity index is 1.97. The lowest BCUT2D eigenvalue weighted by Crippen LogP contribution is -2.29. The molecule has 15 heavy (non-hydrogen) atoms. The number of rotatable bonds is 3. The van der Waals surface area contributed by atoms with Gasteiger partial charge in [-0.3, -0.25) is 4.68 Å². The van der Waals surface area contributed by atoms with Crippen molar-refractivity contribution in [2.24, 2.45) is 13.0 Å². The van der Waals surface area contributed by atoms with Crippen molar-refractivity contribution in [2.45, 2.75) is 45.1 Å². The van der Waals surface area contributed by atoms with Crippen molar-refractivity contribution in [3.8, 4) is 5.75 Å². The van der Waals surface area contributed by atoms with Gasteiger partial charge in [-0.2, -0.15) is 5.10 Å². The minimum atomic E-state index is 0.410. The summed E-state index contributed by atoms with van der Waals surface area (Å²) in [6.07, 6.45) is 10.6. The van der Waals surface area contributed by atoms with Gasteiger partial charge in [-0.25, -0.2) is 0 Å². The maximum Gasteiger partial charge on any atom is 0.157 e. The van der Waals surface area contributed by atoms with Crippen LogP contribution in [0.2, 0.25) is 0 Å². The third-order valence-electron chi connectivity index (χ3n) is 3.33. The SMILES string of the molecule is CCC1CCCCC1Oc1cnn(C)c1. The van der Waals surface area contributed by atoms with E-state index in [1.54, 1.807) is 10.9 Å². The van der Waals surface area contributed by atoms with E-state index in [-0.39, 0.29) is 0 Å². The third-order valence-corrected chi connectivity index (χ3v) is 3.33. The molecule has 1 heterocycles. The van der Waals surface area contributed by atoms with E-state index in [2.05, 4.69) is 12.0 Å². The molecule has 0 aromatic carbocycles. The second kappa shape index (κ2) is 4.69. The number of aryl methyl sites for hydroxylation is 1. The molecule has 2 unspecified atom stereocenters. The minimum Gasteiger partial charge on any atom is -0.487 e. The molecule has 1 aliphatic carbocycles. The topological polar surface area (TPSA) is 27.1 Å². The minimum absolute atomic E-state index is 0.410. The van der Waals surface area contributed by atoms with Crippen molar-refractivity contribution in [1.29, 1.82) is 0 Å². The van der Waals surface area contributed by atoms with Crippen molar-refractivity contribution >= 4 is 0 Å². The summed E-state index contributed by atoms with van der Waals surface area (Å²) in [7, 11) is 1.92. The van der Waals surface area contributed by atoms with Crippen LogP contribution in [-0.4, -0.2) is 15.9 Å². The Hall–Kier alpha value is -0.990. The van der Waals surface area contributed by atoms with Gasteiger partial charge in [0, 0.05) is 7.05 Å². The van der Waals surface area contributed by atoms with Gasteiger partial charge in [0.1, 0.15) is 6.10 Å². The number of ether oxygens (including phenoxy) is 1. The quantitative estimate of drug-likeness (QED) is 0.763. The zero-order chi connectivity index (χ0) is 10.7. The summed E-state index contributed by atoms with van der Waals surface area (Å²) in [4.78, 5) is 0. The average Bonchev–Trinajstić information content (AvgIpc) is 2.65. The zero-order valence-corrected chi connectivity index (χ0v) is 9.65. The van der Waals surface area contributed by atoms with Crippen LogP contribution in [0.25, 0.3) is 0 Å². The molecule has 0 saturated heterocycles. The lowest BCUT2D eigenvalue weighted by Gasteiger charge is -2.30. The van der Waals surface area contributed by atoms with Crippen molar-refractivity contribution in [3.63, 3.8) is 0 Å². The van der Waals surface area contributed by atoms with Gasteiger partial charge in [0.05, 0.1) is 12.4 Å². The lowest BCUT2D eigenvalue weighted by atomic mass is 9.85. The number of hydrogen-bond acceptors (Lipinski definition) is 2. The average molecular weight is 208 g/mol. The molecule has 1 aromatic rings. The van der Waals surface area contributed by atoms with Crippen LogP contribution in [-0.2, 0) is 7.05 Å². The fourth-order valence-corrected chi connectivity index (χ4v) is 2.43. The fraction of sp³-hybridized carbons (Fsp3) is 0.750. The Labute approximate surface area is 91.4 Å². The molecule has 1 aromatic heterocycles. The van der Waals surface area contributed by atoms with Gasteiger partial charge < -0.3 is 4.74 Å². The van der Waals surface area contributed by atoms with Crippen molar-refractivity contribution in [3.05, 3.63) is 12.4 Å². The zero-order valence-electron chi connectivity index (χ0n) is 9.65. The molecule has 0 N–H and O–H groups in total. The first-order chi connectivity index (χ1) is 7.29. The maximum absolute atomic E-state index is 6.00. The highest BCUT2D eigenvalue weighted by Crippen LogP contribution is 2.30. The Bertz CT molecular complexity index is 308. The van der Waals surface area contributed by atoms with Crippen molar-refractivity contribution in [1.82, 2.24) is 9.78 Å². The van der Waals surface area contributed by atoms with E-state index in [0.29, 0.717) is 6.10 Å². The molecule has 0 amide bonds. The third kappa shape index (κ3) is 2.52. The summed E-state index contributed by atoms with van der Waals surface area (Å²) in [5, 5.41) is 4.12. The Kier molecular flexibility index (Phi) is 3.29. The molecule has 0 radical (unpaired) electrons. The van der Waals surface area contributed by atoms with E-state index in [1.165, 1.54) is 32.1 Å². The molecule has 1 aliphatic rings. The molecule has 0 aliphatic heterocycles. The lowest BCUT2D eigenvalue weighted by molar-refractivity contribution is 0.0903. The molecule has 2 atom stereocenters. The van der Waals surface area contributed by atoms with Gasteiger partial charge in [-0.15, -0.1) is 0 Å². The van der Waals surface area contributed by atoms with Crippen LogP contribution >= 0.6 is 0 Å². The van der Waals surface area contributed by atoms with E-state index in [0.717, 1.165) is 11.7 Å². The van der Waals surface area contributed by atoms with Crippen LogP contribution < -0.4 is 4.74 Å². The predicted octanol–water partition coefficient (Wildman–Crippen LogP) is 2.77.